The van der Waals surface area contributed by atoms with E-state index >= 15 is 0 Å². The zero-order valence-corrected chi connectivity index (χ0v) is 13.9. The van der Waals surface area contributed by atoms with Crippen LogP contribution in [0.25, 0.3) is 0 Å². The van der Waals surface area contributed by atoms with Crippen molar-refractivity contribution >= 4 is 26.1 Å². The third-order valence-corrected chi connectivity index (χ3v) is 4.28. The van der Waals surface area contributed by atoms with Gasteiger partial charge in [-0.05, 0) is 26.1 Å². The van der Waals surface area contributed by atoms with Gasteiger partial charge in [0.05, 0.1) is 6.67 Å². The minimum Gasteiger partial charge on any atom is -0.361 e. The molecule has 0 aromatic heterocycles. The van der Waals surface area contributed by atoms with Crippen LogP contribution >= 0.6 is 11.8 Å². The van der Waals surface area contributed by atoms with Crippen molar-refractivity contribution in [3.63, 3.8) is 0 Å². The number of nitrogens with zero attached hydrogens (tertiary/aromatic N) is 2. The molecule has 0 unspecified atom stereocenters. The first kappa shape index (κ1) is 17.6. The molecular formula is C12H26ClN3OSi. The fraction of sp³-hybridized carbons (Fsp3) is 0.750. The summed E-state index contributed by atoms with van der Waals surface area (Å²) in [5.41, 5.74) is 1.07. The zero-order valence-electron chi connectivity index (χ0n) is 12.2. The molecule has 0 bridgehead atoms. The van der Waals surface area contributed by atoms with Crippen LogP contribution in [0.3, 0.4) is 0 Å². The van der Waals surface area contributed by atoms with Crippen molar-refractivity contribution < 1.29 is 4.74 Å². The minimum atomic E-state index is -1.01. The average molecular weight is 292 g/mol. The van der Waals surface area contributed by atoms with Gasteiger partial charge < -0.3 is 15.0 Å². The highest BCUT2D eigenvalue weighted by atomic mass is 35.5. The number of allylic oxidation sites excluding steroid dienone is 2. The molecular weight excluding hydrogens is 266 g/mol. The molecule has 0 saturated heterocycles. The lowest BCUT2D eigenvalue weighted by Crippen LogP contribution is -2.33. The van der Waals surface area contributed by atoms with Crippen molar-refractivity contribution in [1.29, 1.82) is 0 Å². The van der Waals surface area contributed by atoms with Gasteiger partial charge in [-0.2, -0.15) is 4.51 Å². The topological polar surface area (TPSA) is 36.9 Å². The van der Waals surface area contributed by atoms with Crippen LogP contribution < -0.4 is 5.32 Å². The number of halogens is 1. The van der Waals surface area contributed by atoms with Gasteiger partial charge in [-0.25, -0.2) is 0 Å². The van der Waals surface area contributed by atoms with Gasteiger partial charge >= 0.3 is 0 Å². The average Bonchev–Trinajstić information content (AvgIpc) is 2.28. The van der Waals surface area contributed by atoms with E-state index in [1.54, 1.807) is 6.21 Å². The maximum absolute atomic E-state index is 5.73. The number of ether oxygens (including phenoxy) is 1. The summed E-state index contributed by atoms with van der Waals surface area (Å²) in [5, 5.41) is 3.12. The first-order valence-corrected chi connectivity index (χ1v) is 10.2. The smallest absolute Gasteiger partial charge is 0.119 e. The molecule has 0 saturated carbocycles. The lowest BCUT2D eigenvalue weighted by Gasteiger charge is -2.25. The fourth-order valence-electron chi connectivity index (χ4n) is 1.26. The molecule has 0 aliphatic heterocycles. The molecule has 0 fully saturated rings. The molecule has 0 aliphatic rings. The van der Waals surface area contributed by atoms with Gasteiger partial charge in [0.1, 0.15) is 6.73 Å². The van der Waals surface area contributed by atoms with Crippen molar-refractivity contribution in [3.8, 4) is 0 Å². The summed E-state index contributed by atoms with van der Waals surface area (Å²) < 4.78 is 9.16. The monoisotopic (exact) mass is 291 g/mol. The van der Waals surface area contributed by atoms with Crippen molar-refractivity contribution in [3.05, 3.63) is 11.8 Å². The Bertz CT molecular complexity index is 277. The van der Waals surface area contributed by atoms with Crippen molar-refractivity contribution in [2.24, 2.45) is 4.51 Å². The lowest BCUT2D eigenvalue weighted by molar-refractivity contribution is 0.0520. The van der Waals surface area contributed by atoms with E-state index in [4.69, 9.17) is 16.5 Å². The second-order valence-corrected chi connectivity index (χ2v) is 11.3. The summed E-state index contributed by atoms with van der Waals surface area (Å²) in [5.74, 6) is 0. The number of hydrogen-bond acceptors (Lipinski definition) is 4. The predicted octanol–water partition coefficient (Wildman–Crippen LogP) is 2.91. The molecule has 0 spiro atoms. The van der Waals surface area contributed by atoms with Crippen LogP contribution in [0.15, 0.2) is 16.3 Å². The maximum Gasteiger partial charge on any atom is 0.119 e. The van der Waals surface area contributed by atoms with Crippen LogP contribution in [0.1, 0.15) is 6.92 Å². The molecule has 0 amide bonds. The maximum atomic E-state index is 5.73. The first-order valence-electron chi connectivity index (χ1n) is 6.19. The van der Waals surface area contributed by atoms with Crippen molar-refractivity contribution in [1.82, 2.24) is 10.2 Å². The normalized spacial score (nSPS) is 13.3. The molecule has 0 heterocycles. The summed E-state index contributed by atoms with van der Waals surface area (Å²) in [6.07, 6.45) is 3.44. The first-order chi connectivity index (χ1) is 8.40. The van der Waals surface area contributed by atoms with Crippen molar-refractivity contribution in [2.75, 3.05) is 27.1 Å². The highest BCUT2D eigenvalue weighted by Gasteiger charge is 2.12. The highest BCUT2D eigenvalue weighted by Crippen LogP contribution is 2.08. The molecule has 0 aliphatic carbocycles. The van der Waals surface area contributed by atoms with Gasteiger partial charge in [0.25, 0.3) is 0 Å². The Morgan fingerprint density at radius 2 is 2.11 bits per heavy atom. The quantitative estimate of drug-likeness (QED) is 0.307. The van der Waals surface area contributed by atoms with E-state index in [0.717, 1.165) is 19.0 Å². The highest BCUT2D eigenvalue weighted by molar-refractivity contribution is 6.76. The Morgan fingerprint density at radius 1 is 1.44 bits per heavy atom. The summed E-state index contributed by atoms with van der Waals surface area (Å²) >= 11 is 5.27. The van der Waals surface area contributed by atoms with Gasteiger partial charge in [0.2, 0.25) is 0 Å². The zero-order chi connectivity index (χ0) is 14.0. The van der Waals surface area contributed by atoms with Crippen LogP contribution in [0.2, 0.25) is 25.7 Å². The van der Waals surface area contributed by atoms with E-state index in [-0.39, 0.29) is 0 Å². The molecule has 0 radical (unpaired) electrons. The van der Waals surface area contributed by atoms with Crippen LogP contribution in [0, 0.1) is 0 Å². The Hall–Kier alpha value is -0.363. The van der Waals surface area contributed by atoms with E-state index in [9.17, 15) is 0 Å². The van der Waals surface area contributed by atoms with Crippen LogP contribution in [-0.2, 0) is 4.74 Å². The number of hydrogen-bond donors (Lipinski definition) is 1. The second-order valence-electron chi connectivity index (χ2n) is 5.45. The second kappa shape index (κ2) is 9.55. The summed E-state index contributed by atoms with van der Waals surface area (Å²) in [6.45, 7) is 11.2. The van der Waals surface area contributed by atoms with Crippen LogP contribution in [-0.4, -0.2) is 46.2 Å². The Kier molecular flexibility index (Phi) is 9.36. The molecule has 0 aromatic carbocycles. The third kappa shape index (κ3) is 9.64. The summed E-state index contributed by atoms with van der Waals surface area (Å²) in [4.78, 5) is 2.10. The summed E-state index contributed by atoms with van der Waals surface area (Å²) in [7, 11) is 0.906. The summed E-state index contributed by atoms with van der Waals surface area (Å²) in [6, 6.07) is 1.19. The third-order valence-electron chi connectivity index (χ3n) is 2.46. The minimum absolute atomic E-state index is 0.587. The Balaban J connectivity index is 4.12. The molecule has 6 heteroatoms. The van der Waals surface area contributed by atoms with E-state index in [0.29, 0.717) is 6.73 Å². The molecule has 18 heavy (non-hydrogen) atoms. The fourth-order valence-corrected chi connectivity index (χ4v) is 2.07. The van der Waals surface area contributed by atoms with Crippen molar-refractivity contribution in [2.45, 2.75) is 32.6 Å². The van der Waals surface area contributed by atoms with Gasteiger partial charge in [-0.15, -0.1) is 0 Å². The largest absolute Gasteiger partial charge is 0.361 e. The Labute approximate surface area is 117 Å². The SMILES string of the molecule is CNCN(COCC[Si](C)(C)C)/C(C)=C/C=NCl. The predicted molar refractivity (Wildman–Crippen MR) is 82.8 cm³/mol. The Morgan fingerprint density at radius 3 is 2.61 bits per heavy atom. The van der Waals surface area contributed by atoms with Gasteiger partial charge in [-0.3, -0.25) is 0 Å². The van der Waals surface area contributed by atoms with E-state index < -0.39 is 8.07 Å². The van der Waals surface area contributed by atoms with Gasteiger partial charge in [0.15, 0.2) is 0 Å². The number of nitrogens with one attached hydrogen (secondary N) is 1. The molecule has 0 aromatic rings. The number of rotatable bonds is 9. The lowest BCUT2D eigenvalue weighted by atomic mass is 10.4. The van der Waals surface area contributed by atoms with Gasteiger partial charge in [0, 0.05) is 38.4 Å². The molecule has 1 N–H and O–H groups in total. The molecule has 0 atom stereocenters. The standard InChI is InChI=1S/C12H26ClN3OSi/c1-12(6-7-15-13)16(10-14-2)11-17-8-9-18(3,4)5/h6-7,14H,8-11H2,1-5H3/b12-6+,15-7?. The van der Waals surface area contributed by atoms with E-state index in [1.165, 1.54) is 6.04 Å². The van der Waals surface area contributed by atoms with E-state index in [1.807, 2.05) is 20.0 Å². The van der Waals surface area contributed by atoms with Crippen LogP contribution in [0.5, 0.6) is 0 Å². The molecule has 106 valence electrons. The van der Waals surface area contributed by atoms with Crippen LogP contribution in [0.4, 0.5) is 0 Å². The molecule has 0 rings (SSSR count). The van der Waals surface area contributed by atoms with E-state index in [2.05, 4.69) is 34.4 Å². The molecule has 4 nitrogen and oxygen atoms in total. The van der Waals surface area contributed by atoms with Gasteiger partial charge in [-0.1, -0.05) is 19.6 Å².